The highest BCUT2D eigenvalue weighted by Gasteiger charge is 2.17. The van der Waals surface area contributed by atoms with Crippen molar-refractivity contribution in [3.8, 4) is 0 Å². The van der Waals surface area contributed by atoms with E-state index in [1.54, 1.807) is 0 Å². The Balaban J connectivity index is 3.75. The SMILES string of the molecule is BOC(=O)C(CCCC)CCCNCC(=O)O. The standard InChI is InChI=1S/C11H22BNO4/c1-2-3-5-9(11(16)17-12)6-4-7-13-8-10(14)15/h9,13H,2-8,12H2,1H3,(H,14,15). The number of carboxylic acid groups (broad SMARTS) is 1. The van der Waals surface area contributed by atoms with Gasteiger partial charge in [-0.1, -0.05) is 19.8 Å². The molecular weight excluding hydrogens is 221 g/mol. The zero-order valence-electron chi connectivity index (χ0n) is 10.7. The molecule has 0 radical (unpaired) electrons. The summed E-state index contributed by atoms with van der Waals surface area (Å²) in [5.74, 6) is -1.07. The number of hydrogen-bond donors (Lipinski definition) is 2. The Kier molecular flexibility index (Phi) is 9.52. The highest BCUT2D eigenvalue weighted by Crippen LogP contribution is 2.16. The van der Waals surface area contributed by atoms with E-state index in [2.05, 4.69) is 12.2 Å². The van der Waals surface area contributed by atoms with Crippen molar-refractivity contribution in [2.45, 2.75) is 39.0 Å². The number of rotatable bonds is 10. The van der Waals surface area contributed by atoms with E-state index in [0.29, 0.717) is 6.54 Å². The van der Waals surface area contributed by atoms with Crippen LogP contribution in [0.4, 0.5) is 0 Å². The van der Waals surface area contributed by atoms with Gasteiger partial charge in [-0.2, -0.15) is 0 Å². The van der Waals surface area contributed by atoms with Crippen LogP contribution in [0.5, 0.6) is 0 Å². The lowest BCUT2D eigenvalue weighted by atomic mass is 9.96. The van der Waals surface area contributed by atoms with Gasteiger partial charge in [-0.15, -0.1) is 0 Å². The van der Waals surface area contributed by atoms with Crippen LogP contribution < -0.4 is 5.32 Å². The molecule has 6 heteroatoms. The third-order valence-corrected chi connectivity index (χ3v) is 2.62. The van der Waals surface area contributed by atoms with Crippen LogP contribution in [-0.2, 0) is 14.2 Å². The molecule has 0 aromatic carbocycles. The zero-order valence-corrected chi connectivity index (χ0v) is 10.7. The van der Waals surface area contributed by atoms with Crippen LogP contribution >= 0.6 is 0 Å². The van der Waals surface area contributed by atoms with Crippen molar-refractivity contribution in [3.63, 3.8) is 0 Å². The molecule has 5 nitrogen and oxygen atoms in total. The molecule has 0 rings (SSSR count). The Morgan fingerprint density at radius 3 is 2.53 bits per heavy atom. The molecule has 0 aliphatic carbocycles. The van der Waals surface area contributed by atoms with Crippen molar-refractivity contribution in [3.05, 3.63) is 0 Å². The van der Waals surface area contributed by atoms with Gasteiger partial charge >= 0.3 is 14.0 Å². The normalized spacial score (nSPS) is 12.1. The lowest BCUT2D eigenvalue weighted by Gasteiger charge is -2.14. The molecule has 0 aromatic heterocycles. The number of carbonyl (C=O) groups excluding carboxylic acids is 1. The Bertz CT molecular complexity index is 236. The van der Waals surface area contributed by atoms with E-state index in [1.807, 2.05) is 0 Å². The second kappa shape index (κ2) is 10.1. The Labute approximate surface area is 103 Å². The Hall–Kier alpha value is -1.04. The highest BCUT2D eigenvalue weighted by atomic mass is 16.5. The molecular formula is C11H22BNO4. The Morgan fingerprint density at radius 1 is 1.35 bits per heavy atom. The molecule has 0 aliphatic rings. The maximum Gasteiger partial charge on any atom is 0.325 e. The van der Waals surface area contributed by atoms with Crippen LogP contribution in [0.3, 0.4) is 0 Å². The fourth-order valence-corrected chi connectivity index (χ4v) is 1.67. The van der Waals surface area contributed by atoms with Crippen molar-refractivity contribution in [2.75, 3.05) is 13.1 Å². The molecule has 0 saturated carbocycles. The maximum atomic E-state index is 11.5. The van der Waals surface area contributed by atoms with Crippen LogP contribution in [0.2, 0.25) is 0 Å². The molecule has 0 fully saturated rings. The van der Waals surface area contributed by atoms with Gasteiger partial charge in [0.15, 0.2) is 0 Å². The fraction of sp³-hybridized carbons (Fsp3) is 0.818. The number of hydrogen-bond acceptors (Lipinski definition) is 4. The van der Waals surface area contributed by atoms with Crippen molar-refractivity contribution < 1.29 is 19.3 Å². The summed E-state index contributed by atoms with van der Waals surface area (Å²) in [4.78, 5) is 21.7. The predicted molar refractivity (Wildman–Crippen MR) is 67.4 cm³/mol. The molecule has 1 unspecified atom stereocenters. The van der Waals surface area contributed by atoms with Crippen LogP contribution in [-0.4, -0.2) is 38.2 Å². The van der Waals surface area contributed by atoms with E-state index in [9.17, 15) is 9.59 Å². The van der Waals surface area contributed by atoms with Gasteiger partial charge in [-0.25, -0.2) is 0 Å². The first-order valence-electron chi connectivity index (χ1n) is 6.12. The molecule has 2 N–H and O–H groups in total. The van der Waals surface area contributed by atoms with E-state index in [4.69, 9.17) is 9.76 Å². The zero-order chi connectivity index (χ0) is 13.1. The maximum absolute atomic E-state index is 11.5. The largest absolute Gasteiger partial charge is 0.543 e. The fourth-order valence-electron chi connectivity index (χ4n) is 1.67. The smallest absolute Gasteiger partial charge is 0.325 e. The van der Waals surface area contributed by atoms with Gasteiger partial charge in [-0.3, -0.25) is 9.59 Å². The monoisotopic (exact) mass is 243 g/mol. The lowest BCUT2D eigenvalue weighted by Crippen LogP contribution is -2.25. The Morgan fingerprint density at radius 2 is 2.00 bits per heavy atom. The van der Waals surface area contributed by atoms with Crippen molar-refractivity contribution in [1.82, 2.24) is 5.32 Å². The topological polar surface area (TPSA) is 75.6 Å². The molecule has 17 heavy (non-hydrogen) atoms. The number of carbonyl (C=O) groups is 2. The van der Waals surface area contributed by atoms with Gasteiger partial charge in [0.1, 0.15) is 0 Å². The van der Waals surface area contributed by atoms with E-state index in [0.717, 1.165) is 32.1 Å². The number of carboxylic acids is 1. The number of nitrogens with one attached hydrogen (secondary N) is 1. The van der Waals surface area contributed by atoms with E-state index < -0.39 is 5.97 Å². The second-order valence-corrected chi connectivity index (χ2v) is 4.08. The first-order chi connectivity index (χ1) is 8.11. The van der Waals surface area contributed by atoms with Crippen molar-refractivity contribution in [1.29, 1.82) is 0 Å². The molecule has 0 aliphatic heterocycles. The molecule has 0 spiro atoms. The second-order valence-electron chi connectivity index (χ2n) is 4.08. The first kappa shape index (κ1) is 16.0. The summed E-state index contributed by atoms with van der Waals surface area (Å²) in [5, 5.41) is 11.2. The van der Waals surface area contributed by atoms with Gasteiger partial charge in [0.05, 0.1) is 12.5 Å². The minimum Gasteiger partial charge on any atom is -0.543 e. The minimum atomic E-state index is -0.861. The summed E-state index contributed by atoms with van der Waals surface area (Å²) in [5.41, 5.74) is 0. The summed E-state index contributed by atoms with van der Waals surface area (Å²) >= 11 is 0. The van der Waals surface area contributed by atoms with Crippen LogP contribution in [0.1, 0.15) is 39.0 Å². The number of unbranched alkanes of at least 4 members (excludes halogenated alkanes) is 1. The predicted octanol–water partition coefficient (Wildman–Crippen LogP) is 0.339. The molecule has 0 bridgehead atoms. The summed E-state index contributed by atoms with van der Waals surface area (Å²) in [6.07, 6.45) is 4.46. The summed E-state index contributed by atoms with van der Waals surface area (Å²) in [6, 6.07) is 0. The van der Waals surface area contributed by atoms with E-state index in [-0.39, 0.29) is 18.4 Å². The average Bonchev–Trinajstić information content (AvgIpc) is 2.31. The van der Waals surface area contributed by atoms with Crippen molar-refractivity contribution in [2.24, 2.45) is 5.92 Å². The van der Waals surface area contributed by atoms with Crippen LogP contribution in [0.15, 0.2) is 0 Å². The average molecular weight is 243 g/mol. The van der Waals surface area contributed by atoms with Gasteiger partial charge in [0, 0.05) is 0 Å². The minimum absolute atomic E-state index is 0.0299. The summed E-state index contributed by atoms with van der Waals surface area (Å²) < 4.78 is 4.75. The van der Waals surface area contributed by atoms with Crippen LogP contribution in [0.25, 0.3) is 0 Å². The first-order valence-corrected chi connectivity index (χ1v) is 6.12. The highest BCUT2D eigenvalue weighted by molar-refractivity contribution is 6.05. The number of aliphatic carboxylic acids is 1. The van der Waals surface area contributed by atoms with Crippen molar-refractivity contribution >= 4 is 20.0 Å². The van der Waals surface area contributed by atoms with Gasteiger partial charge < -0.3 is 15.1 Å². The third-order valence-electron chi connectivity index (χ3n) is 2.62. The molecule has 98 valence electrons. The quantitative estimate of drug-likeness (QED) is 0.427. The van der Waals surface area contributed by atoms with Gasteiger partial charge in [0.2, 0.25) is 0 Å². The molecule has 1 atom stereocenters. The lowest BCUT2D eigenvalue weighted by molar-refractivity contribution is -0.139. The van der Waals surface area contributed by atoms with E-state index in [1.165, 1.54) is 8.05 Å². The molecule has 0 aromatic rings. The van der Waals surface area contributed by atoms with Crippen LogP contribution in [0, 0.1) is 5.92 Å². The molecule has 0 saturated heterocycles. The van der Waals surface area contributed by atoms with Gasteiger partial charge in [0.25, 0.3) is 5.97 Å². The molecule has 0 heterocycles. The third kappa shape index (κ3) is 8.74. The van der Waals surface area contributed by atoms with E-state index >= 15 is 0 Å². The summed E-state index contributed by atoms with van der Waals surface area (Å²) in [7, 11) is 1.41. The van der Waals surface area contributed by atoms with Gasteiger partial charge in [-0.05, 0) is 25.8 Å². The summed E-state index contributed by atoms with van der Waals surface area (Å²) in [6.45, 7) is 2.67. The molecule has 0 amide bonds.